The Kier molecular flexibility index (Phi) is 4.67. The maximum absolute atomic E-state index is 12.9. The molecule has 4 rings (SSSR count). The molecular formula is C20H28N4O4. The quantitative estimate of drug-likeness (QED) is 0.789. The van der Waals surface area contributed by atoms with Crippen molar-refractivity contribution in [3.63, 3.8) is 0 Å². The molecule has 0 saturated heterocycles. The monoisotopic (exact) mass is 388 g/mol. The number of aromatic nitrogens is 4. The number of rotatable bonds is 6. The van der Waals surface area contributed by atoms with E-state index in [1.807, 2.05) is 13.8 Å². The second-order valence-corrected chi connectivity index (χ2v) is 8.44. The Morgan fingerprint density at radius 1 is 1.18 bits per heavy atom. The predicted octanol–water partition coefficient (Wildman–Crippen LogP) is 2.24. The zero-order chi connectivity index (χ0) is 20.1. The molecule has 0 radical (unpaired) electrons. The summed E-state index contributed by atoms with van der Waals surface area (Å²) in [6.07, 6.45) is 5.40. The van der Waals surface area contributed by atoms with Crippen molar-refractivity contribution in [1.82, 2.24) is 19.1 Å². The van der Waals surface area contributed by atoms with Crippen molar-refractivity contribution in [1.29, 1.82) is 0 Å². The second-order valence-electron chi connectivity index (χ2n) is 8.44. The van der Waals surface area contributed by atoms with E-state index in [-0.39, 0.29) is 28.5 Å². The third-order valence-corrected chi connectivity index (χ3v) is 6.72. The van der Waals surface area contributed by atoms with Gasteiger partial charge in [0.15, 0.2) is 5.65 Å². The van der Waals surface area contributed by atoms with E-state index in [4.69, 9.17) is 4.98 Å². The number of aryl methyl sites for hydroxylation is 1. The van der Waals surface area contributed by atoms with Crippen LogP contribution in [-0.4, -0.2) is 30.2 Å². The fourth-order valence-electron chi connectivity index (χ4n) is 5.33. The molecule has 0 spiro atoms. The van der Waals surface area contributed by atoms with Crippen molar-refractivity contribution in [2.24, 2.45) is 11.8 Å². The number of aliphatic carboxylic acids is 1. The van der Waals surface area contributed by atoms with Crippen molar-refractivity contribution in [2.75, 3.05) is 0 Å². The van der Waals surface area contributed by atoms with Gasteiger partial charge in [0.2, 0.25) is 0 Å². The zero-order valence-corrected chi connectivity index (χ0v) is 16.5. The Hall–Kier alpha value is -2.38. The maximum atomic E-state index is 12.9. The SMILES string of the molecule is CCCn1c(=O)c2[nH]c(C34CCC(C3)C(C(=O)O)CC4)nc2n(CCC)c1=O. The van der Waals surface area contributed by atoms with E-state index in [2.05, 4.69) is 4.98 Å². The number of carboxylic acid groups (broad SMARTS) is 1. The lowest BCUT2D eigenvalue weighted by Crippen LogP contribution is -2.40. The van der Waals surface area contributed by atoms with Crippen LogP contribution in [0.3, 0.4) is 0 Å². The molecule has 2 aliphatic rings. The standard InChI is InChI=1S/C20H28N4O4/c1-3-9-23-15-14(16(25)24(10-4-2)19(23)28)21-18(22-15)20-7-5-12(11-20)13(6-8-20)17(26)27/h12-13H,3-11H2,1-2H3,(H,21,22)(H,26,27). The number of imidazole rings is 1. The summed E-state index contributed by atoms with van der Waals surface area (Å²) in [7, 11) is 0. The van der Waals surface area contributed by atoms with Gasteiger partial charge in [-0.1, -0.05) is 13.8 Å². The first-order valence-corrected chi connectivity index (χ1v) is 10.4. The van der Waals surface area contributed by atoms with Crippen LogP contribution < -0.4 is 11.2 Å². The van der Waals surface area contributed by atoms with Crippen LogP contribution in [0.25, 0.3) is 11.2 Å². The molecule has 2 heterocycles. The highest BCUT2D eigenvalue weighted by Crippen LogP contribution is 2.54. The van der Waals surface area contributed by atoms with Gasteiger partial charge in [-0.2, -0.15) is 0 Å². The molecule has 2 bridgehead atoms. The summed E-state index contributed by atoms with van der Waals surface area (Å²) in [5.41, 5.74) is 0.0333. The Balaban J connectivity index is 1.84. The van der Waals surface area contributed by atoms with Gasteiger partial charge in [0.1, 0.15) is 11.3 Å². The van der Waals surface area contributed by atoms with Crippen LogP contribution in [0.4, 0.5) is 0 Å². The highest BCUT2D eigenvalue weighted by molar-refractivity contribution is 5.72. The molecule has 152 valence electrons. The molecule has 2 N–H and O–H groups in total. The number of aromatic amines is 1. The van der Waals surface area contributed by atoms with E-state index in [1.54, 1.807) is 4.57 Å². The number of nitrogens with one attached hydrogen (secondary N) is 1. The molecule has 8 nitrogen and oxygen atoms in total. The molecule has 0 aromatic carbocycles. The molecule has 0 amide bonds. The van der Waals surface area contributed by atoms with Crippen molar-refractivity contribution in [3.05, 3.63) is 26.7 Å². The van der Waals surface area contributed by atoms with Crippen LogP contribution in [0.5, 0.6) is 0 Å². The molecule has 3 atom stereocenters. The summed E-state index contributed by atoms with van der Waals surface area (Å²) in [4.78, 5) is 45.3. The van der Waals surface area contributed by atoms with E-state index in [0.717, 1.165) is 37.9 Å². The molecule has 8 heteroatoms. The Labute approximate surface area is 162 Å². The topological polar surface area (TPSA) is 110 Å². The molecule has 2 fully saturated rings. The average molecular weight is 388 g/mol. The second kappa shape index (κ2) is 6.90. The number of nitrogens with zero attached hydrogens (tertiary/aromatic N) is 3. The van der Waals surface area contributed by atoms with Crippen LogP contribution in [-0.2, 0) is 23.3 Å². The number of carbonyl (C=O) groups is 1. The number of fused-ring (bicyclic) bond motifs is 3. The first-order valence-electron chi connectivity index (χ1n) is 10.4. The minimum absolute atomic E-state index is 0.161. The third-order valence-electron chi connectivity index (χ3n) is 6.72. The summed E-state index contributed by atoms with van der Waals surface area (Å²) in [6, 6.07) is 0. The summed E-state index contributed by atoms with van der Waals surface area (Å²) < 4.78 is 2.91. The summed E-state index contributed by atoms with van der Waals surface area (Å²) >= 11 is 0. The van der Waals surface area contributed by atoms with Crippen molar-refractivity contribution in [3.8, 4) is 0 Å². The molecule has 2 aromatic heterocycles. The minimum Gasteiger partial charge on any atom is -0.481 e. The highest BCUT2D eigenvalue weighted by Gasteiger charge is 2.51. The Morgan fingerprint density at radius 2 is 1.86 bits per heavy atom. The van der Waals surface area contributed by atoms with Crippen LogP contribution in [0.15, 0.2) is 9.59 Å². The summed E-state index contributed by atoms with van der Waals surface area (Å²) in [6.45, 7) is 4.84. The van der Waals surface area contributed by atoms with E-state index in [9.17, 15) is 19.5 Å². The van der Waals surface area contributed by atoms with Gasteiger partial charge in [-0.05, 0) is 50.9 Å². The normalized spacial score (nSPS) is 26.8. The fourth-order valence-corrected chi connectivity index (χ4v) is 5.33. The van der Waals surface area contributed by atoms with Gasteiger partial charge in [0.05, 0.1) is 5.92 Å². The smallest absolute Gasteiger partial charge is 0.332 e. The molecule has 0 aliphatic heterocycles. The molecule has 2 aromatic rings. The number of hydrogen-bond acceptors (Lipinski definition) is 4. The molecule has 2 aliphatic carbocycles. The van der Waals surface area contributed by atoms with Crippen molar-refractivity contribution < 1.29 is 9.90 Å². The largest absolute Gasteiger partial charge is 0.481 e. The molecule has 28 heavy (non-hydrogen) atoms. The van der Waals surface area contributed by atoms with E-state index >= 15 is 0 Å². The van der Waals surface area contributed by atoms with Crippen LogP contribution in [0, 0.1) is 11.8 Å². The lowest BCUT2D eigenvalue weighted by atomic mass is 9.71. The number of carboxylic acids is 1. The first kappa shape index (κ1) is 19.0. The lowest BCUT2D eigenvalue weighted by molar-refractivity contribution is -0.144. The molecule has 2 saturated carbocycles. The third kappa shape index (κ3) is 2.72. The van der Waals surface area contributed by atoms with Crippen molar-refractivity contribution in [2.45, 2.75) is 77.3 Å². The summed E-state index contributed by atoms with van der Waals surface area (Å²) in [5.74, 6) is -0.0668. The zero-order valence-electron chi connectivity index (χ0n) is 16.5. The fraction of sp³-hybridized carbons (Fsp3) is 0.700. The van der Waals surface area contributed by atoms with Gasteiger partial charge < -0.3 is 10.1 Å². The van der Waals surface area contributed by atoms with Gasteiger partial charge >= 0.3 is 11.7 Å². The molecule has 3 unspecified atom stereocenters. The Morgan fingerprint density at radius 3 is 2.54 bits per heavy atom. The predicted molar refractivity (Wildman–Crippen MR) is 105 cm³/mol. The maximum Gasteiger partial charge on any atom is 0.332 e. The average Bonchev–Trinajstić information content (AvgIpc) is 3.25. The van der Waals surface area contributed by atoms with Crippen LogP contribution in [0.1, 0.15) is 64.6 Å². The van der Waals surface area contributed by atoms with Gasteiger partial charge in [-0.3, -0.25) is 18.7 Å². The van der Waals surface area contributed by atoms with E-state index in [0.29, 0.717) is 37.1 Å². The van der Waals surface area contributed by atoms with Gasteiger partial charge in [-0.15, -0.1) is 0 Å². The Bertz CT molecular complexity index is 1030. The lowest BCUT2D eigenvalue weighted by Gasteiger charge is -2.34. The van der Waals surface area contributed by atoms with E-state index < -0.39 is 5.97 Å². The number of hydrogen-bond donors (Lipinski definition) is 2. The van der Waals surface area contributed by atoms with Gasteiger partial charge in [0.25, 0.3) is 5.56 Å². The van der Waals surface area contributed by atoms with Gasteiger partial charge in [0, 0.05) is 18.5 Å². The minimum atomic E-state index is -0.704. The first-order chi connectivity index (χ1) is 13.4. The molecular weight excluding hydrogens is 360 g/mol. The van der Waals surface area contributed by atoms with Crippen LogP contribution in [0.2, 0.25) is 0 Å². The number of H-pyrrole nitrogens is 1. The van der Waals surface area contributed by atoms with Crippen LogP contribution >= 0.6 is 0 Å². The van der Waals surface area contributed by atoms with Gasteiger partial charge in [-0.25, -0.2) is 9.78 Å². The van der Waals surface area contributed by atoms with Crippen molar-refractivity contribution >= 4 is 17.1 Å². The highest BCUT2D eigenvalue weighted by atomic mass is 16.4. The summed E-state index contributed by atoms with van der Waals surface area (Å²) in [5, 5.41) is 9.46. The van der Waals surface area contributed by atoms with E-state index in [1.165, 1.54) is 4.57 Å².